The third-order valence-corrected chi connectivity index (χ3v) is 7.05. The van der Waals surface area contributed by atoms with E-state index in [2.05, 4.69) is 44.2 Å². The van der Waals surface area contributed by atoms with E-state index in [0.29, 0.717) is 37.6 Å². The van der Waals surface area contributed by atoms with Crippen LogP contribution in [0.2, 0.25) is 0 Å². The Morgan fingerprint density at radius 1 is 1.18 bits per heavy atom. The number of nitrogens with zero attached hydrogens (tertiary/aromatic N) is 5. The summed E-state index contributed by atoms with van der Waals surface area (Å²) in [6.45, 7) is 3.04. The van der Waals surface area contributed by atoms with Crippen LogP contribution in [0.5, 0.6) is 5.75 Å². The number of aryl methyl sites for hydroxylation is 1. The molecule has 0 radical (unpaired) electrons. The molecular weight excluding hydrogens is 480 g/mol. The maximum atomic E-state index is 13.0. The maximum absolute atomic E-state index is 13.0. The standard InChI is InChI=1S/C28H28N8O2/c1-2-16-12-18(37)5-7-19(16)17-4-6-20-23(13-17)34-35-26(20)27-32-22-8-11-36(15-24(22)33-27)28(38)21(29)14-25-30-9-3-10-31-25/h3-7,9-10,12-13,21,37H,2,8,11,14-15,29H2,1H3,(H,32,33)(H,34,35). The normalized spacial score (nSPS) is 14.0. The van der Waals surface area contributed by atoms with Crippen LogP contribution in [0.15, 0.2) is 54.9 Å². The Morgan fingerprint density at radius 3 is 2.84 bits per heavy atom. The van der Waals surface area contributed by atoms with Crippen LogP contribution in [-0.4, -0.2) is 58.6 Å². The molecule has 0 fully saturated rings. The van der Waals surface area contributed by atoms with Crippen LogP contribution in [0.4, 0.5) is 0 Å². The Morgan fingerprint density at radius 2 is 2.03 bits per heavy atom. The molecule has 0 spiro atoms. The van der Waals surface area contributed by atoms with Gasteiger partial charge in [-0.3, -0.25) is 9.89 Å². The van der Waals surface area contributed by atoms with Crippen molar-refractivity contribution < 1.29 is 9.90 Å². The van der Waals surface area contributed by atoms with Crippen LogP contribution in [-0.2, 0) is 30.6 Å². The molecule has 0 saturated heterocycles. The number of aromatic hydroxyl groups is 1. The molecule has 5 N–H and O–H groups in total. The number of phenols is 1. The fourth-order valence-electron chi connectivity index (χ4n) is 5.07. The minimum atomic E-state index is -0.701. The molecule has 1 amide bonds. The fraction of sp³-hybridized carbons (Fsp3) is 0.250. The fourth-order valence-corrected chi connectivity index (χ4v) is 5.07. The van der Waals surface area contributed by atoms with Gasteiger partial charge in [0, 0.05) is 37.2 Å². The van der Waals surface area contributed by atoms with E-state index >= 15 is 0 Å². The predicted octanol–water partition coefficient (Wildman–Crippen LogP) is 3.13. The van der Waals surface area contributed by atoms with Crippen molar-refractivity contribution in [2.24, 2.45) is 5.73 Å². The second kappa shape index (κ2) is 9.71. The summed E-state index contributed by atoms with van der Waals surface area (Å²) in [5, 5.41) is 18.5. The Kier molecular flexibility index (Phi) is 6.09. The van der Waals surface area contributed by atoms with E-state index in [-0.39, 0.29) is 11.7 Å². The zero-order valence-electron chi connectivity index (χ0n) is 21.0. The number of nitrogens with two attached hydrogens (primary N) is 1. The molecule has 2 aromatic carbocycles. The molecule has 5 aromatic rings. The van der Waals surface area contributed by atoms with E-state index in [4.69, 9.17) is 10.7 Å². The van der Waals surface area contributed by atoms with Gasteiger partial charge in [-0.2, -0.15) is 5.10 Å². The predicted molar refractivity (Wildman–Crippen MR) is 143 cm³/mol. The molecule has 6 rings (SSSR count). The topological polar surface area (TPSA) is 150 Å². The smallest absolute Gasteiger partial charge is 0.240 e. The molecule has 0 aliphatic carbocycles. The summed E-state index contributed by atoms with van der Waals surface area (Å²) in [6, 6.07) is 12.7. The zero-order valence-corrected chi connectivity index (χ0v) is 21.0. The SMILES string of the molecule is CCc1cc(O)ccc1-c1ccc2c(-c3nc4c([nH]3)CN(C(=O)C(N)Cc3ncccn3)CC4)n[nH]c2c1. The molecule has 1 aliphatic heterocycles. The van der Waals surface area contributed by atoms with Gasteiger partial charge in [0.25, 0.3) is 0 Å². The van der Waals surface area contributed by atoms with Gasteiger partial charge in [0.15, 0.2) is 5.82 Å². The van der Waals surface area contributed by atoms with E-state index in [1.807, 2.05) is 18.2 Å². The number of H-pyrrole nitrogens is 2. The van der Waals surface area contributed by atoms with Crippen molar-refractivity contribution in [1.82, 2.24) is 35.0 Å². The van der Waals surface area contributed by atoms with Crippen molar-refractivity contribution in [2.75, 3.05) is 6.54 Å². The number of fused-ring (bicyclic) bond motifs is 2. The number of benzene rings is 2. The summed E-state index contributed by atoms with van der Waals surface area (Å²) in [7, 11) is 0. The number of aromatic nitrogens is 6. The highest BCUT2D eigenvalue weighted by molar-refractivity contribution is 5.94. The van der Waals surface area contributed by atoms with Crippen LogP contribution in [0.3, 0.4) is 0 Å². The molecule has 1 aliphatic rings. The first-order chi connectivity index (χ1) is 18.5. The minimum Gasteiger partial charge on any atom is -0.508 e. The molecule has 10 heteroatoms. The third-order valence-electron chi connectivity index (χ3n) is 7.05. The summed E-state index contributed by atoms with van der Waals surface area (Å²) in [6.07, 6.45) is 5.04. The first-order valence-electron chi connectivity index (χ1n) is 12.7. The Bertz CT molecular complexity index is 1620. The number of amides is 1. The first kappa shape index (κ1) is 23.8. The number of rotatable bonds is 6. The second-order valence-electron chi connectivity index (χ2n) is 9.52. The third kappa shape index (κ3) is 4.39. The summed E-state index contributed by atoms with van der Waals surface area (Å²) >= 11 is 0. The average Bonchev–Trinajstić information content (AvgIpc) is 3.56. The van der Waals surface area contributed by atoms with E-state index in [1.54, 1.807) is 29.4 Å². The number of carbonyl (C=O) groups excluding carboxylic acids is 1. The zero-order chi connectivity index (χ0) is 26.2. The molecule has 0 saturated carbocycles. The highest BCUT2D eigenvalue weighted by Gasteiger charge is 2.28. The molecule has 4 heterocycles. The van der Waals surface area contributed by atoms with E-state index in [0.717, 1.165) is 51.1 Å². The molecular formula is C28H28N8O2. The number of nitrogens with one attached hydrogen (secondary N) is 2. The van der Waals surface area contributed by atoms with Crippen molar-refractivity contribution in [3.63, 3.8) is 0 Å². The monoisotopic (exact) mass is 508 g/mol. The summed E-state index contributed by atoms with van der Waals surface area (Å²) in [5.41, 5.74) is 12.9. The molecule has 0 bridgehead atoms. The molecule has 1 unspecified atom stereocenters. The van der Waals surface area contributed by atoms with Gasteiger partial charge in [0.1, 0.15) is 17.3 Å². The van der Waals surface area contributed by atoms with Gasteiger partial charge in [0.05, 0.1) is 29.5 Å². The maximum Gasteiger partial charge on any atom is 0.240 e. The minimum absolute atomic E-state index is 0.127. The van der Waals surface area contributed by atoms with Crippen molar-refractivity contribution in [2.45, 2.75) is 38.8 Å². The quantitative estimate of drug-likeness (QED) is 0.275. The van der Waals surface area contributed by atoms with Crippen LogP contribution in [0.1, 0.15) is 29.7 Å². The highest BCUT2D eigenvalue weighted by atomic mass is 16.3. The molecule has 1 atom stereocenters. The van der Waals surface area contributed by atoms with E-state index in [9.17, 15) is 9.90 Å². The van der Waals surface area contributed by atoms with Gasteiger partial charge < -0.3 is 20.7 Å². The van der Waals surface area contributed by atoms with Crippen molar-refractivity contribution >= 4 is 16.8 Å². The summed E-state index contributed by atoms with van der Waals surface area (Å²) in [5.74, 6) is 1.37. The number of carbonyl (C=O) groups is 1. The molecule has 38 heavy (non-hydrogen) atoms. The van der Waals surface area contributed by atoms with Crippen LogP contribution < -0.4 is 5.73 Å². The number of imidazole rings is 1. The van der Waals surface area contributed by atoms with E-state index < -0.39 is 6.04 Å². The largest absolute Gasteiger partial charge is 0.508 e. The van der Waals surface area contributed by atoms with Crippen molar-refractivity contribution in [3.05, 3.63) is 77.6 Å². The van der Waals surface area contributed by atoms with Gasteiger partial charge in [0.2, 0.25) is 5.91 Å². The summed E-state index contributed by atoms with van der Waals surface area (Å²) in [4.78, 5) is 31.3. The van der Waals surface area contributed by atoms with Crippen LogP contribution in [0.25, 0.3) is 33.5 Å². The van der Waals surface area contributed by atoms with Crippen molar-refractivity contribution in [3.8, 4) is 28.4 Å². The Labute approximate surface area is 219 Å². The Hall–Kier alpha value is -4.57. The number of hydrogen-bond donors (Lipinski definition) is 4. The van der Waals surface area contributed by atoms with E-state index in [1.165, 1.54) is 0 Å². The average molecular weight is 509 g/mol. The summed E-state index contributed by atoms with van der Waals surface area (Å²) < 4.78 is 0. The van der Waals surface area contributed by atoms with Crippen LogP contribution >= 0.6 is 0 Å². The first-order valence-corrected chi connectivity index (χ1v) is 12.7. The molecule has 10 nitrogen and oxygen atoms in total. The van der Waals surface area contributed by atoms with Gasteiger partial charge >= 0.3 is 0 Å². The number of aromatic amines is 2. The van der Waals surface area contributed by atoms with Gasteiger partial charge in [-0.25, -0.2) is 15.0 Å². The Balaban J connectivity index is 1.22. The van der Waals surface area contributed by atoms with Gasteiger partial charge in [-0.15, -0.1) is 0 Å². The lowest BCUT2D eigenvalue weighted by Gasteiger charge is -2.28. The highest BCUT2D eigenvalue weighted by Crippen LogP contribution is 2.33. The lowest BCUT2D eigenvalue weighted by molar-refractivity contribution is -0.133. The molecule has 192 valence electrons. The lowest BCUT2D eigenvalue weighted by atomic mass is 9.97. The van der Waals surface area contributed by atoms with Gasteiger partial charge in [-0.1, -0.05) is 19.1 Å². The van der Waals surface area contributed by atoms with Crippen LogP contribution in [0, 0.1) is 0 Å². The number of phenolic OH excluding ortho intramolecular Hbond substituents is 1. The second-order valence-corrected chi connectivity index (χ2v) is 9.52. The van der Waals surface area contributed by atoms with Gasteiger partial charge in [-0.05, 0) is 53.4 Å². The van der Waals surface area contributed by atoms with Crippen molar-refractivity contribution in [1.29, 1.82) is 0 Å². The lowest BCUT2D eigenvalue weighted by Crippen LogP contribution is -2.47. The number of hydrogen-bond acceptors (Lipinski definition) is 7. The molecule has 3 aromatic heterocycles.